The minimum atomic E-state index is 0.350. The van der Waals surface area contributed by atoms with Crippen molar-refractivity contribution in [1.82, 2.24) is 14.9 Å². The van der Waals surface area contributed by atoms with Crippen molar-refractivity contribution in [3.8, 4) is 34.4 Å². The molecule has 0 amide bonds. The fraction of sp³-hybridized carbons (Fsp3) is 0.211. The average molecular weight is 400 g/mol. The topological polar surface area (TPSA) is 82.9 Å². The summed E-state index contributed by atoms with van der Waals surface area (Å²) in [5.41, 5.74) is 1.50. The highest BCUT2D eigenvalue weighted by atomic mass is 32.1. The maximum Gasteiger partial charge on any atom is 0.216 e. The molecular weight excluding hydrogens is 380 g/mol. The van der Waals surface area contributed by atoms with Crippen LogP contribution in [0.5, 0.6) is 23.0 Å². The first-order valence-electron chi connectivity index (χ1n) is 8.28. The quantitative estimate of drug-likeness (QED) is 0.483. The largest absolute Gasteiger partial charge is 0.493 e. The number of ether oxygens (including phenoxy) is 4. The zero-order valence-corrected chi connectivity index (χ0v) is 16.7. The van der Waals surface area contributed by atoms with Crippen molar-refractivity contribution in [3.05, 3.63) is 46.7 Å². The number of aromatic nitrogens is 3. The van der Waals surface area contributed by atoms with Crippen molar-refractivity contribution in [2.45, 2.75) is 0 Å². The minimum Gasteiger partial charge on any atom is -0.493 e. The molecule has 0 atom stereocenters. The fourth-order valence-corrected chi connectivity index (χ4v) is 2.87. The Morgan fingerprint density at radius 1 is 0.964 bits per heavy atom. The van der Waals surface area contributed by atoms with Crippen molar-refractivity contribution >= 4 is 18.4 Å². The number of hydrogen-bond donors (Lipinski definition) is 1. The Morgan fingerprint density at radius 3 is 2.39 bits per heavy atom. The monoisotopic (exact) mass is 400 g/mol. The van der Waals surface area contributed by atoms with E-state index in [2.05, 4.69) is 15.3 Å². The van der Waals surface area contributed by atoms with Crippen LogP contribution in [0.2, 0.25) is 0 Å². The Kier molecular flexibility index (Phi) is 5.95. The number of aromatic amines is 1. The van der Waals surface area contributed by atoms with Gasteiger partial charge in [-0.05, 0) is 42.5 Å². The van der Waals surface area contributed by atoms with Crippen LogP contribution >= 0.6 is 12.2 Å². The number of benzene rings is 2. The second kappa shape index (κ2) is 8.57. The van der Waals surface area contributed by atoms with Crippen LogP contribution in [0.3, 0.4) is 0 Å². The van der Waals surface area contributed by atoms with E-state index in [0.717, 1.165) is 11.1 Å². The molecule has 9 heteroatoms. The number of nitrogens with one attached hydrogen (secondary N) is 1. The smallest absolute Gasteiger partial charge is 0.216 e. The molecule has 0 aliphatic heterocycles. The predicted octanol–water partition coefficient (Wildman–Crippen LogP) is 3.52. The molecule has 3 aromatic rings. The predicted molar refractivity (Wildman–Crippen MR) is 108 cm³/mol. The summed E-state index contributed by atoms with van der Waals surface area (Å²) in [4.78, 5) is 0. The second-order valence-electron chi connectivity index (χ2n) is 5.56. The molecule has 0 aliphatic carbocycles. The highest BCUT2D eigenvalue weighted by molar-refractivity contribution is 7.71. The SMILES string of the molecule is COc1ccc(-c2n[nH]c(=S)n2N=Cc2cccc(OC)c2OC)cc1OC. The van der Waals surface area contributed by atoms with Gasteiger partial charge >= 0.3 is 0 Å². The lowest BCUT2D eigenvalue weighted by Crippen LogP contribution is -1.99. The number of para-hydroxylation sites is 1. The molecule has 0 saturated heterocycles. The van der Waals surface area contributed by atoms with Crippen LogP contribution in [-0.4, -0.2) is 49.5 Å². The Morgan fingerprint density at radius 2 is 1.71 bits per heavy atom. The summed E-state index contributed by atoms with van der Waals surface area (Å²) < 4.78 is 23.3. The van der Waals surface area contributed by atoms with Crippen molar-refractivity contribution in [1.29, 1.82) is 0 Å². The van der Waals surface area contributed by atoms with Gasteiger partial charge in [-0.3, -0.25) is 0 Å². The van der Waals surface area contributed by atoms with Gasteiger partial charge in [-0.2, -0.15) is 14.9 Å². The van der Waals surface area contributed by atoms with Crippen molar-refractivity contribution in [3.63, 3.8) is 0 Å². The molecule has 1 N–H and O–H groups in total. The summed E-state index contributed by atoms with van der Waals surface area (Å²) in [5, 5.41) is 11.5. The summed E-state index contributed by atoms with van der Waals surface area (Å²) in [5.74, 6) is 2.93. The lowest BCUT2D eigenvalue weighted by atomic mass is 10.2. The van der Waals surface area contributed by atoms with E-state index in [9.17, 15) is 0 Å². The maximum absolute atomic E-state index is 5.43. The van der Waals surface area contributed by atoms with Crippen LogP contribution in [-0.2, 0) is 0 Å². The van der Waals surface area contributed by atoms with Gasteiger partial charge < -0.3 is 18.9 Å². The molecule has 3 rings (SSSR count). The Bertz CT molecular complexity index is 1060. The van der Waals surface area contributed by atoms with Gasteiger partial charge in [0.2, 0.25) is 4.77 Å². The first-order chi connectivity index (χ1) is 13.6. The summed E-state index contributed by atoms with van der Waals surface area (Å²) in [6.45, 7) is 0. The Hall–Kier alpha value is -3.33. The van der Waals surface area contributed by atoms with Crippen molar-refractivity contribution in [2.75, 3.05) is 28.4 Å². The molecule has 0 spiro atoms. The number of hydrogen-bond acceptors (Lipinski definition) is 7. The molecule has 0 bridgehead atoms. The lowest BCUT2D eigenvalue weighted by molar-refractivity contribution is 0.354. The van der Waals surface area contributed by atoms with Gasteiger partial charge in [0, 0.05) is 11.1 Å². The highest BCUT2D eigenvalue weighted by Crippen LogP contribution is 2.32. The van der Waals surface area contributed by atoms with Gasteiger partial charge in [0.25, 0.3) is 0 Å². The lowest BCUT2D eigenvalue weighted by Gasteiger charge is -2.10. The zero-order valence-electron chi connectivity index (χ0n) is 15.9. The first-order valence-corrected chi connectivity index (χ1v) is 8.69. The van der Waals surface area contributed by atoms with Crippen LogP contribution in [0.4, 0.5) is 0 Å². The second-order valence-corrected chi connectivity index (χ2v) is 5.95. The van der Waals surface area contributed by atoms with Gasteiger partial charge in [-0.1, -0.05) is 6.07 Å². The third-order valence-electron chi connectivity index (χ3n) is 4.04. The molecule has 1 heterocycles. The summed E-state index contributed by atoms with van der Waals surface area (Å²) in [7, 11) is 6.32. The van der Waals surface area contributed by atoms with E-state index in [0.29, 0.717) is 33.6 Å². The summed E-state index contributed by atoms with van der Waals surface area (Å²) in [6.07, 6.45) is 1.64. The Labute approximate surface area is 167 Å². The van der Waals surface area contributed by atoms with E-state index in [1.165, 1.54) is 4.68 Å². The molecule has 146 valence electrons. The van der Waals surface area contributed by atoms with Crippen LogP contribution in [0, 0.1) is 4.77 Å². The zero-order chi connectivity index (χ0) is 20.1. The molecule has 1 aromatic heterocycles. The molecule has 0 fully saturated rings. The maximum atomic E-state index is 5.43. The van der Waals surface area contributed by atoms with E-state index in [4.69, 9.17) is 31.2 Å². The van der Waals surface area contributed by atoms with Gasteiger partial charge in [0.15, 0.2) is 28.8 Å². The van der Waals surface area contributed by atoms with E-state index >= 15 is 0 Å². The van der Waals surface area contributed by atoms with Gasteiger partial charge in [0.05, 0.1) is 34.7 Å². The van der Waals surface area contributed by atoms with Crippen LogP contribution in [0.15, 0.2) is 41.5 Å². The third-order valence-corrected chi connectivity index (χ3v) is 4.30. The van der Waals surface area contributed by atoms with E-state index in [1.807, 2.05) is 30.3 Å². The van der Waals surface area contributed by atoms with E-state index in [-0.39, 0.29) is 0 Å². The normalized spacial score (nSPS) is 10.9. The Balaban J connectivity index is 2.04. The third kappa shape index (κ3) is 3.70. The fourth-order valence-electron chi connectivity index (χ4n) is 2.69. The van der Waals surface area contributed by atoms with Crippen LogP contribution in [0.25, 0.3) is 11.4 Å². The summed E-state index contributed by atoms with van der Waals surface area (Å²) >= 11 is 5.33. The van der Waals surface area contributed by atoms with E-state index in [1.54, 1.807) is 40.7 Å². The molecule has 0 radical (unpaired) electrons. The number of rotatable bonds is 7. The van der Waals surface area contributed by atoms with Gasteiger partial charge in [-0.25, -0.2) is 5.10 Å². The molecular formula is C19H20N4O4S. The first kappa shape index (κ1) is 19.4. The van der Waals surface area contributed by atoms with E-state index < -0.39 is 0 Å². The number of methoxy groups -OCH3 is 4. The molecule has 2 aromatic carbocycles. The molecule has 0 unspecified atom stereocenters. The van der Waals surface area contributed by atoms with Gasteiger partial charge in [-0.15, -0.1) is 0 Å². The average Bonchev–Trinajstić information content (AvgIpc) is 3.11. The van der Waals surface area contributed by atoms with Crippen LogP contribution < -0.4 is 18.9 Å². The van der Waals surface area contributed by atoms with Gasteiger partial charge in [0.1, 0.15) is 0 Å². The van der Waals surface area contributed by atoms with Crippen LogP contribution in [0.1, 0.15) is 5.56 Å². The molecule has 0 saturated carbocycles. The number of H-pyrrole nitrogens is 1. The standard InChI is InChI=1S/C19H20N4O4S/c1-24-14-9-8-12(10-16(14)26-3)18-21-22-19(28)23(18)20-11-13-6-5-7-15(25-2)17(13)27-4/h5-11H,1-4H3,(H,22,28). The molecule has 8 nitrogen and oxygen atoms in total. The highest BCUT2D eigenvalue weighted by Gasteiger charge is 2.13. The van der Waals surface area contributed by atoms with Crippen molar-refractivity contribution in [2.24, 2.45) is 5.10 Å². The number of nitrogens with zero attached hydrogens (tertiary/aromatic N) is 3. The summed E-state index contributed by atoms with van der Waals surface area (Å²) in [6, 6.07) is 11.0. The minimum absolute atomic E-state index is 0.350. The molecule has 0 aliphatic rings. The molecule has 28 heavy (non-hydrogen) atoms. The van der Waals surface area contributed by atoms with Crippen molar-refractivity contribution < 1.29 is 18.9 Å².